The van der Waals surface area contributed by atoms with Gasteiger partial charge in [-0.1, -0.05) is 0 Å². The molecule has 5 nitrogen and oxygen atoms in total. The van der Waals surface area contributed by atoms with Crippen molar-refractivity contribution in [3.05, 3.63) is 33.2 Å². The molecule has 20 heavy (non-hydrogen) atoms. The Balaban J connectivity index is 2.00. The Labute approximate surface area is 118 Å². The first kappa shape index (κ1) is 14.8. The number of aryl methyl sites for hydroxylation is 1. The predicted octanol–water partition coefficient (Wildman–Crippen LogP) is 1.16. The van der Waals surface area contributed by atoms with Crippen LogP contribution in [0.15, 0.2) is 10.9 Å². The number of carbonyl (C=O) groups excluding carboxylic acids is 1. The van der Waals surface area contributed by atoms with E-state index in [2.05, 4.69) is 5.32 Å². The van der Waals surface area contributed by atoms with Gasteiger partial charge in [-0.25, -0.2) is 0 Å². The van der Waals surface area contributed by atoms with Gasteiger partial charge in [-0.3, -0.25) is 9.59 Å². The SMILES string of the molecule is Cc1cc(C(=O)NCC[C@H]2CCOC2)c(=O)n(C)c1C. The minimum atomic E-state index is -0.285. The molecular formula is C15H22N2O3. The molecule has 2 heterocycles. The van der Waals surface area contributed by atoms with Gasteiger partial charge < -0.3 is 14.6 Å². The van der Waals surface area contributed by atoms with Crippen molar-refractivity contribution in [3.8, 4) is 0 Å². The number of nitrogens with one attached hydrogen (secondary N) is 1. The topological polar surface area (TPSA) is 60.3 Å². The van der Waals surface area contributed by atoms with Crippen molar-refractivity contribution in [3.63, 3.8) is 0 Å². The zero-order valence-corrected chi connectivity index (χ0v) is 12.4. The molecule has 0 aromatic carbocycles. The van der Waals surface area contributed by atoms with Crippen LogP contribution >= 0.6 is 0 Å². The van der Waals surface area contributed by atoms with Gasteiger partial charge in [0.25, 0.3) is 11.5 Å². The number of ether oxygens (including phenoxy) is 1. The normalized spacial score (nSPS) is 18.2. The Morgan fingerprint density at radius 1 is 1.50 bits per heavy atom. The summed E-state index contributed by atoms with van der Waals surface area (Å²) >= 11 is 0. The van der Waals surface area contributed by atoms with Crippen molar-refractivity contribution in [2.24, 2.45) is 13.0 Å². The van der Waals surface area contributed by atoms with E-state index in [9.17, 15) is 9.59 Å². The molecule has 1 aromatic rings. The van der Waals surface area contributed by atoms with Crippen LogP contribution in [0.25, 0.3) is 0 Å². The van der Waals surface area contributed by atoms with Gasteiger partial charge in [0.05, 0.1) is 0 Å². The summed E-state index contributed by atoms with van der Waals surface area (Å²) in [6.45, 7) is 5.96. The maximum absolute atomic E-state index is 12.1. The molecular weight excluding hydrogens is 256 g/mol. The first-order chi connectivity index (χ1) is 9.50. The quantitative estimate of drug-likeness (QED) is 0.899. The van der Waals surface area contributed by atoms with E-state index in [0.29, 0.717) is 12.5 Å². The molecule has 0 aliphatic carbocycles. The first-order valence-electron chi connectivity index (χ1n) is 7.04. The summed E-state index contributed by atoms with van der Waals surface area (Å²) in [6.07, 6.45) is 1.96. The summed E-state index contributed by atoms with van der Waals surface area (Å²) in [7, 11) is 1.69. The summed E-state index contributed by atoms with van der Waals surface area (Å²) in [6, 6.07) is 1.67. The van der Waals surface area contributed by atoms with Crippen LogP contribution in [0.1, 0.15) is 34.5 Å². The highest BCUT2D eigenvalue weighted by atomic mass is 16.5. The fraction of sp³-hybridized carbons (Fsp3) is 0.600. The fourth-order valence-electron chi connectivity index (χ4n) is 2.44. The van der Waals surface area contributed by atoms with Gasteiger partial charge >= 0.3 is 0 Å². The Morgan fingerprint density at radius 3 is 2.90 bits per heavy atom. The second-order valence-electron chi connectivity index (χ2n) is 5.46. The monoisotopic (exact) mass is 278 g/mol. The van der Waals surface area contributed by atoms with Crippen molar-refractivity contribution >= 4 is 5.91 Å². The third kappa shape index (κ3) is 3.10. The van der Waals surface area contributed by atoms with E-state index in [1.54, 1.807) is 13.1 Å². The number of aromatic nitrogens is 1. The van der Waals surface area contributed by atoms with Gasteiger partial charge in [0.15, 0.2) is 0 Å². The average Bonchev–Trinajstić information content (AvgIpc) is 2.93. The Hall–Kier alpha value is -1.62. The summed E-state index contributed by atoms with van der Waals surface area (Å²) < 4.78 is 6.82. The number of carbonyl (C=O) groups is 1. The Morgan fingerprint density at radius 2 is 2.25 bits per heavy atom. The lowest BCUT2D eigenvalue weighted by atomic mass is 10.1. The molecule has 110 valence electrons. The lowest BCUT2D eigenvalue weighted by Crippen LogP contribution is -2.34. The van der Waals surface area contributed by atoms with Crippen molar-refractivity contribution < 1.29 is 9.53 Å². The van der Waals surface area contributed by atoms with E-state index in [4.69, 9.17) is 4.74 Å². The van der Waals surface area contributed by atoms with Crippen molar-refractivity contribution in [2.75, 3.05) is 19.8 Å². The molecule has 0 unspecified atom stereocenters. The van der Waals surface area contributed by atoms with E-state index in [1.807, 2.05) is 13.8 Å². The summed E-state index contributed by atoms with van der Waals surface area (Å²) in [5, 5.41) is 2.83. The van der Waals surface area contributed by atoms with Crippen molar-refractivity contribution in [2.45, 2.75) is 26.7 Å². The van der Waals surface area contributed by atoms with Gasteiger partial charge in [-0.15, -0.1) is 0 Å². The molecule has 0 spiro atoms. The third-order valence-electron chi connectivity index (χ3n) is 4.08. The average molecular weight is 278 g/mol. The van der Waals surface area contributed by atoms with Gasteiger partial charge in [0.1, 0.15) is 5.56 Å². The molecule has 1 atom stereocenters. The molecule has 1 fully saturated rings. The summed E-state index contributed by atoms with van der Waals surface area (Å²) in [4.78, 5) is 24.2. The number of rotatable bonds is 4. The first-order valence-corrected chi connectivity index (χ1v) is 7.04. The second kappa shape index (κ2) is 6.22. The van der Waals surface area contributed by atoms with Gasteiger partial charge in [-0.05, 0) is 44.2 Å². The largest absolute Gasteiger partial charge is 0.381 e. The minimum Gasteiger partial charge on any atom is -0.381 e. The molecule has 1 saturated heterocycles. The fourth-order valence-corrected chi connectivity index (χ4v) is 2.44. The lowest BCUT2D eigenvalue weighted by molar-refractivity contribution is 0.0948. The van der Waals surface area contributed by atoms with Crippen LogP contribution in [0.5, 0.6) is 0 Å². The van der Waals surface area contributed by atoms with E-state index in [0.717, 1.165) is 37.3 Å². The summed E-state index contributed by atoms with van der Waals surface area (Å²) in [5.74, 6) is 0.241. The standard InChI is InChI=1S/C15H22N2O3/c1-10-8-13(15(19)17(3)11(10)2)14(18)16-6-4-12-5-7-20-9-12/h8,12H,4-7,9H2,1-3H3,(H,16,18)/t12-/m0/s1. The van der Waals surface area contributed by atoms with Crippen molar-refractivity contribution in [1.29, 1.82) is 0 Å². The van der Waals surface area contributed by atoms with Crippen LogP contribution in [0, 0.1) is 19.8 Å². The zero-order chi connectivity index (χ0) is 14.7. The Bertz CT molecular complexity index is 557. The molecule has 1 aromatic heterocycles. The molecule has 0 radical (unpaired) electrons. The van der Waals surface area contributed by atoms with Crippen LogP contribution in [0.4, 0.5) is 0 Å². The highest BCUT2D eigenvalue weighted by Gasteiger charge is 2.17. The number of nitrogens with zero attached hydrogens (tertiary/aromatic N) is 1. The minimum absolute atomic E-state index is 0.221. The van der Waals surface area contributed by atoms with Crippen LogP contribution in [0.3, 0.4) is 0 Å². The van der Waals surface area contributed by atoms with Gasteiger partial charge in [-0.2, -0.15) is 0 Å². The molecule has 1 aliphatic heterocycles. The number of hydrogen-bond donors (Lipinski definition) is 1. The predicted molar refractivity (Wildman–Crippen MR) is 77.0 cm³/mol. The summed E-state index contributed by atoms with van der Waals surface area (Å²) in [5.41, 5.74) is 1.81. The third-order valence-corrected chi connectivity index (χ3v) is 4.08. The van der Waals surface area contributed by atoms with E-state index >= 15 is 0 Å². The number of hydrogen-bond acceptors (Lipinski definition) is 3. The number of pyridine rings is 1. The molecule has 1 aliphatic rings. The van der Waals surface area contributed by atoms with Crippen LogP contribution in [-0.4, -0.2) is 30.2 Å². The van der Waals surface area contributed by atoms with Crippen LogP contribution in [-0.2, 0) is 11.8 Å². The smallest absolute Gasteiger partial charge is 0.263 e. The molecule has 5 heteroatoms. The number of amides is 1. The molecule has 1 amide bonds. The van der Waals surface area contributed by atoms with Crippen molar-refractivity contribution in [1.82, 2.24) is 9.88 Å². The maximum Gasteiger partial charge on any atom is 0.263 e. The van der Waals surface area contributed by atoms with Crippen LogP contribution < -0.4 is 10.9 Å². The molecule has 0 bridgehead atoms. The maximum atomic E-state index is 12.1. The zero-order valence-electron chi connectivity index (χ0n) is 12.4. The Kier molecular flexibility index (Phi) is 4.60. The van der Waals surface area contributed by atoms with E-state index in [-0.39, 0.29) is 17.0 Å². The van der Waals surface area contributed by atoms with E-state index in [1.165, 1.54) is 4.57 Å². The molecule has 1 N–H and O–H groups in total. The van der Waals surface area contributed by atoms with Crippen LogP contribution in [0.2, 0.25) is 0 Å². The second-order valence-corrected chi connectivity index (χ2v) is 5.46. The lowest BCUT2D eigenvalue weighted by Gasteiger charge is -2.12. The molecule has 0 saturated carbocycles. The van der Waals surface area contributed by atoms with E-state index < -0.39 is 0 Å². The molecule has 2 rings (SSSR count). The highest BCUT2D eigenvalue weighted by Crippen LogP contribution is 2.15. The van der Waals surface area contributed by atoms with Gasteiger partial charge in [0.2, 0.25) is 0 Å². The highest BCUT2D eigenvalue weighted by molar-refractivity contribution is 5.94. The van der Waals surface area contributed by atoms with Gasteiger partial charge in [0, 0.05) is 32.5 Å².